The van der Waals surface area contributed by atoms with Gasteiger partial charge in [-0.25, -0.2) is 4.98 Å². The van der Waals surface area contributed by atoms with Gasteiger partial charge in [-0.3, -0.25) is 4.79 Å². The van der Waals surface area contributed by atoms with Crippen molar-refractivity contribution in [3.63, 3.8) is 0 Å². The molecule has 0 fully saturated rings. The quantitative estimate of drug-likeness (QED) is 0.419. The number of aryl methyl sites for hydroxylation is 2. The van der Waals surface area contributed by atoms with Crippen LogP contribution in [-0.2, 0) is 12.8 Å². The smallest absolute Gasteiger partial charge is 0.272 e. The summed E-state index contributed by atoms with van der Waals surface area (Å²) in [6.07, 6.45) is 2.98. The summed E-state index contributed by atoms with van der Waals surface area (Å²) < 4.78 is 0. The van der Waals surface area contributed by atoms with E-state index in [0.29, 0.717) is 12.2 Å². The van der Waals surface area contributed by atoms with E-state index in [9.17, 15) is 4.79 Å². The Kier molecular flexibility index (Phi) is 5.59. The van der Waals surface area contributed by atoms with Crippen LogP contribution in [0.2, 0.25) is 0 Å². The minimum atomic E-state index is -0.0348. The van der Waals surface area contributed by atoms with Crippen LogP contribution in [0.3, 0.4) is 0 Å². The highest BCUT2D eigenvalue weighted by molar-refractivity contribution is 5.94. The molecular weight excluding hydrogens is 394 g/mol. The lowest BCUT2D eigenvalue weighted by Gasteiger charge is -2.28. The van der Waals surface area contributed by atoms with Gasteiger partial charge in [-0.15, -0.1) is 0 Å². The zero-order valence-corrected chi connectivity index (χ0v) is 18.4. The van der Waals surface area contributed by atoms with Gasteiger partial charge in [-0.2, -0.15) is 0 Å². The second-order valence-electron chi connectivity index (χ2n) is 8.38. The number of rotatable bonds is 5. The van der Waals surface area contributed by atoms with E-state index < -0.39 is 0 Å². The Hall–Kier alpha value is -3.66. The maximum atomic E-state index is 13.0. The fourth-order valence-corrected chi connectivity index (χ4v) is 4.56. The van der Waals surface area contributed by atoms with Crippen molar-refractivity contribution in [1.82, 2.24) is 9.88 Å². The van der Waals surface area contributed by atoms with Gasteiger partial charge < -0.3 is 9.80 Å². The zero-order chi connectivity index (χ0) is 21.9. The molecule has 0 atom stereocenters. The van der Waals surface area contributed by atoms with Crippen molar-refractivity contribution >= 4 is 28.2 Å². The van der Waals surface area contributed by atoms with Gasteiger partial charge in [-0.1, -0.05) is 60.7 Å². The number of aromatic nitrogens is 1. The SMILES string of the molecule is CN(CCCN1c2ccccc2CCc2ccccc21)C(=O)c1ccc2ccccc2n1. The number of para-hydroxylation sites is 3. The van der Waals surface area contributed by atoms with E-state index >= 15 is 0 Å². The first-order chi connectivity index (χ1) is 15.7. The minimum absolute atomic E-state index is 0.0348. The van der Waals surface area contributed by atoms with Crippen molar-refractivity contribution in [3.8, 4) is 0 Å². The van der Waals surface area contributed by atoms with Crippen LogP contribution in [0.1, 0.15) is 28.0 Å². The fourth-order valence-electron chi connectivity index (χ4n) is 4.56. The molecule has 0 spiro atoms. The molecule has 5 rings (SSSR count). The maximum absolute atomic E-state index is 13.0. The monoisotopic (exact) mass is 421 g/mol. The van der Waals surface area contributed by atoms with Gasteiger partial charge in [-0.05, 0) is 54.7 Å². The van der Waals surface area contributed by atoms with E-state index in [1.54, 1.807) is 4.90 Å². The summed E-state index contributed by atoms with van der Waals surface area (Å²) in [7, 11) is 1.86. The number of amides is 1. The molecule has 0 saturated carbocycles. The van der Waals surface area contributed by atoms with Crippen LogP contribution in [0.4, 0.5) is 11.4 Å². The molecule has 0 unspecified atom stereocenters. The van der Waals surface area contributed by atoms with Crippen molar-refractivity contribution in [3.05, 3.63) is 102 Å². The van der Waals surface area contributed by atoms with Gasteiger partial charge in [0, 0.05) is 36.9 Å². The van der Waals surface area contributed by atoms with Gasteiger partial charge in [0.15, 0.2) is 0 Å². The number of carbonyl (C=O) groups is 1. The molecule has 0 radical (unpaired) electrons. The third kappa shape index (κ3) is 3.96. The lowest BCUT2D eigenvalue weighted by Crippen LogP contribution is -2.31. The highest BCUT2D eigenvalue weighted by Crippen LogP contribution is 2.35. The molecule has 2 heterocycles. The van der Waals surface area contributed by atoms with E-state index in [-0.39, 0.29) is 5.91 Å². The third-order valence-electron chi connectivity index (χ3n) is 6.27. The zero-order valence-electron chi connectivity index (χ0n) is 18.4. The molecule has 1 aliphatic rings. The predicted molar refractivity (Wildman–Crippen MR) is 131 cm³/mol. The Labute approximate surface area is 189 Å². The minimum Gasteiger partial charge on any atom is -0.341 e. The predicted octanol–water partition coefficient (Wildman–Crippen LogP) is 5.63. The normalized spacial score (nSPS) is 12.7. The van der Waals surface area contributed by atoms with Crippen molar-refractivity contribution in [1.29, 1.82) is 0 Å². The van der Waals surface area contributed by atoms with Gasteiger partial charge in [0.1, 0.15) is 5.69 Å². The molecule has 4 aromatic rings. The van der Waals surface area contributed by atoms with E-state index in [0.717, 1.165) is 36.7 Å². The van der Waals surface area contributed by atoms with Crippen molar-refractivity contribution in [2.45, 2.75) is 19.3 Å². The molecule has 160 valence electrons. The lowest BCUT2D eigenvalue weighted by atomic mass is 10.0. The molecule has 0 saturated heterocycles. The molecule has 4 heteroatoms. The van der Waals surface area contributed by atoms with Crippen LogP contribution in [-0.4, -0.2) is 35.9 Å². The van der Waals surface area contributed by atoms with Crippen LogP contribution in [0.5, 0.6) is 0 Å². The number of hydrogen-bond acceptors (Lipinski definition) is 3. The van der Waals surface area contributed by atoms with E-state index in [1.807, 2.05) is 43.4 Å². The van der Waals surface area contributed by atoms with E-state index in [1.165, 1.54) is 22.5 Å². The summed E-state index contributed by atoms with van der Waals surface area (Å²) in [6, 6.07) is 29.0. The largest absolute Gasteiger partial charge is 0.341 e. The topological polar surface area (TPSA) is 36.4 Å². The molecule has 0 N–H and O–H groups in total. The second kappa shape index (κ2) is 8.83. The number of nitrogens with zero attached hydrogens (tertiary/aromatic N) is 3. The molecule has 32 heavy (non-hydrogen) atoms. The average molecular weight is 422 g/mol. The first-order valence-corrected chi connectivity index (χ1v) is 11.3. The molecule has 1 aliphatic heterocycles. The van der Waals surface area contributed by atoms with Crippen LogP contribution in [0, 0.1) is 0 Å². The van der Waals surface area contributed by atoms with Crippen molar-refractivity contribution in [2.24, 2.45) is 0 Å². The van der Waals surface area contributed by atoms with Gasteiger partial charge in [0.2, 0.25) is 0 Å². The maximum Gasteiger partial charge on any atom is 0.272 e. The van der Waals surface area contributed by atoms with Crippen LogP contribution < -0.4 is 4.90 Å². The first kappa shape index (κ1) is 20.3. The molecule has 1 amide bonds. The summed E-state index contributed by atoms with van der Waals surface area (Å²) >= 11 is 0. The standard InChI is InChI=1S/C28H27N3O/c1-30(28(32)25-18-17-21-9-2-5-12-24(21)29-25)19-8-20-31-26-13-6-3-10-22(26)15-16-23-11-4-7-14-27(23)31/h2-7,9-14,17-18H,8,15-16,19-20H2,1H3. The van der Waals surface area contributed by atoms with Crippen molar-refractivity contribution in [2.75, 3.05) is 25.0 Å². The van der Waals surface area contributed by atoms with Crippen LogP contribution in [0.25, 0.3) is 10.9 Å². The molecule has 0 aliphatic carbocycles. The van der Waals surface area contributed by atoms with Gasteiger partial charge in [0.25, 0.3) is 5.91 Å². The highest BCUT2D eigenvalue weighted by atomic mass is 16.2. The van der Waals surface area contributed by atoms with Gasteiger partial charge in [0.05, 0.1) is 5.52 Å². The Balaban J connectivity index is 1.31. The summed E-state index contributed by atoms with van der Waals surface area (Å²) in [5.74, 6) is -0.0348. The van der Waals surface area contributed by atoms with E-state index in [4.69, 9.17) is 0 Å². The number of carbonyl (C=O) groups excluding carboxylic acids is 1. The highest BCUT2D eigenvalue weighted by Gasteiger charge is 2.20. The molecule has 1 aromatic heterocycles. The average Bonchev–Trinajstić information content (AvgIpc) is 3.00. The summed E-state index contributed by atoms with van der Waals surface area (Å²) in [6.45, 7) is 1.53. The number of fused-ring (bicyclic) bond motifs is 3. The second-order valence-corrected chi connectivity index (χ2v) is 8.38. The third-order valence-corrected chi connectivity index (χ3v) is 6.27. The summed E-state index contributed by atoms with van der Waals surface area (Å²) in [5.41, 5.74) is 6.67. The number of pyridine rings is 1. The van der Waals surface area contributed by atoms with Crippen LogP contribution in [0.15, 0.2) is 84.9 Å². The van der Waals surface area contributed by atoms with E-state index in [2.05, 4.69) is 58.4 Å². The number of benzene rings is 3. The van der Waals surface area contributed by atoms with Crippen LogP contribution >= 0.6 is 0 Å². The molecule has 4 nitrogen and oxygen atoms in total. The number of anilines is 2. The first-order valence-electron chi connectivity index (χ1n) is 11.3. The summed E-state index contributed by atoms with van der Waals surface area (Å²) in [5, 5.41) is 1.05. The Morgan fingerprint density at radius 2 is 1.47 bits per heavy atom. The Bertz CT molecular complexity index is 1220. The molecule has 0 bridgehead atoms. The molecular formula is C28H27N3O. The number of hydrogen-bond donors (Lipinski definition) is 0. The molecule has 3 aromatic carbocycles. The Morgan fingerprint density at radius 3 is 2.19 bits per heavy atom. The lowest BCUT2D eigenvalue weighted by molar-refractivity contribution is 0.0789. The summed E-state index contributed by atoms with van der Waals surface area (Å²) in [4.78, 5) is 21.7. The fraction of sp³-hybridized carbons (Fsp3) is 0.214. The van der Waals surface area contributed by atoms with Gasteiger partial charge >= 0.3 is 0 Å². The Morgan fingerprint density at radius 1 is 0.844 bits per heavy atom. The van der Waals surface area contributed by atoms with Crippen molar-refractivity contribution < 1.29 is 4.79 Å².